The molecule has 4 rings (SSSR count). The first kappa shape index (κ1) is 18.2. The lowest BCUT2D eigenvalue weighted by Crippen LogP contribution is -2.44. The Morgan fingerprint density at radius 3 is 2.48 bits per heavy atom. The van der Waals surface area contributed by atoms with E-state index < -0.39 is 11.7 Å². The average Bonchev–Trinajstić information content (AvgIpc) is 2.68. The summed E-state index contributed by atoms with van der Waals surface area (Å²) in [6.07, 6.45) is -2.31. The third kappa shape index (κ3) is 4.21. The van der Waals surface area contributed by atoms with Crippen LogP contribution in [0.5, 0.6) is 11.5 Å². The van der Waals surface area contributed by atoms with E-state index in [4.69, 9.17) is 9.47 Å². The first-order valence-corrected chi connectivity index (χ1v) is 9.27. The molecule has 2 heterocycles. The van der Waals surface area contributed by atoms with Crippen molar-refractivity contribution in [2.45, 2.75) is 31.0 Å². The summed E-state index contributed by atoms with van der Waals surface area (Å²) in [5.74, 6) is 1.79. The largest absolute Gasteiger partial charge is 0.486 e. The van der Waals surface area contributed by atoms with Gasteiger partial charge in [0.25, 0.3) is 0 Å². The zero-order valence-corrected chi connectivity index (χ0v) is 14.9. The van der Waals surface area contributed by atoms with Gasteiger partial charge in [-0.3, -0.25) is 4.90 Å². The topological polar surface area (TPSA) is 21.7 Å². The predicted octanol–water partition coefficient (Wildman–Crippen LogP) is 4.72. The van der Waals surface area contributed by atoms with E-state index in [9.17, 15) is 13.2 Å². The van der Waals surface area contributed by atoms with E-state index in [0.29, 0.717) is 6.61 Å². The quantitative estimate of drug-likeness (QED) is 0.772. The predicted molar refractivity (Wildman–Crippen MR) is 96.2 cm³/mol. The highest BCUT2D eigenvalue weighted by atomic mass is 19.4. The Bertz CT molecular complexity index is 776. The minimum absolute atomic E-state index is 0.0359. The Morgan fingerprint density at radius 1 is 1.00 bits per heavy atom. The summed E-state index contributed by atoms with van der Waals surface area (Å²) in [5.41, 5.74) is 0.379. The molecule has 0 N–H and O–H groups in total. The van der Waals surface area contributed by atoms with Crippen LogP contribution >= 0.6 is 0 Å². The molecule has 0 bridgehead atoms. The smallest absolute Gasteiger partial charge is 0.416 e. The molecule has 0 saturated carbocycles. The zero-order valence-electron chi connectivity index (χ0n) is 14.9. The maximum Gasteiger partial charge on any atom is 0.416 e. The highest BCUT2D eigenvalue weighted by molar-refractivity contribution is 5.40. The fourth-order valence-electron chi connectivity index (χ4n) is 3.88. The molecule has 27 heavy (non-hydrogen) atoms. The van der Waals surface area contributed by atoms with E-state index >= 15 is 0 Å². The van der Waals surface area contributed by atoms with Gasteiger partial charge in [-0.25, -0.2) is 0 Å². The number of alkyl halides is 3. The number of halogens is 3. The lowest BCUT2D eigenvalue weighted by molar-refractivity contribution is -0.137. The summed E-state index contributed by atoms with van der Waals surface area (Å²) in [7, 11) is 0. The van der Waals surface area contributed by atoms with Gasteiger partial charge in [-0.1, -0.05) is 24.3 Å². The second kappa shape index (κ2) is 7.43. The number of nitrogens with zero attached hydrogens (tertiary/aromatic N) is 1. The van der Waals surface area contributed by atoms with Gasteiger partial charge in [-0.05, 0) is 55.1 Å². The molecule has 2 aliphatic rings. The molecule has 6 heteroatoms. The molecule has 0 spiro atoms. The van der Waals surface area contributed by atoms with E-state index in [1.54, 1.807) is 12.1 Å². The van der Waals surface area contributed by atoms with Gasteiger partial charge in [-0.2, -0.15) is 13.2 Å². The summed E-state index contributed by atoms with van der Waals surface area (Å²) in [4.78, 5) is 2.33. The highest BCUT2D eigenvalue weighted by Crippen LogP contribution is 2.34. The summed E-state index contributed by atoms with van der Waals surface area (Å²) in [6.45, 7) is 3.06. The van der Waals surface area contributed by atoms with Crippen LogP contribution in [0.4, 0.5) is 13.2 Å². The van der Waals surface area contributed by atoms with E-state index in [-0.39, 0.29) is 12.0 Å². The van der Waals surface area contributed by atoms with Crippen LogP contribution in [-0.4, -0.2) is 37.2 Å². The van der Waals surface area contributed by atoms with E-state index in [1.165, 1.54) is 12.1 Å². The second-order valence-electron chi connectivity index (χ2n) is 7.22. The number of hydrogen-bond donors (Lipinski definition) is 0. The monoisotopic (exact) mass is 377 g/mol. The number of piperidine rings is 1. The Labute approximate surface area is 156 Å². The fraction of sp³-hybridized carbons (Fsp3) is 0.429. The molecule has 2 atom stereocenters. The minimum atomic E-state index is -4.29. The molecule has 1 saturated heterocycles. The summed E-state index contributed by atoms with van der Waals surface area (Å²) in [5, 5.41) is 0. The third-order valence-electron chi connectivity index (χ3n) is 5.24. The Kier molecular flexibility index (Phi) is 5.00. The van der Waals surface area contributed by atoms with Gasteiger partial charge in [0.2, 0.25) is 0 Å². The number of ether oxygens (including phenoxy) is 2. The minimum Gasteiger partial charge on any atom is -0.486 e. The lowest BCUT2D eigenvalue weighted by atomic mass is 9.90. The molecular weight excluding hydrogens is 355 g/mol. The summed E-state index contributed by atoms with van der Waals surface area (Å²) in [6, 6.07) is 13.2. The van der Waals surface area contributed by atoms with Crippen LogP contribution in [-0.2, 0) is 6.18 Å². The van der Waals surface area contributed by atoms with Crippen LogP contribution in [0.3, 0.4) is 0 Å². The zero-order chi connectivity index (χ0) is 18.9. The normalized spacial score (nSPS) is 23.2. The first-order valence-electron chi connectivity index (χ1n) is 9.27. The van der Waals surface area contributed by atoms with Gasteiger partial charge < -0.3 is 9.47 Å². The van der Waals surface area contributed by atoms with Crippen molar-refractivity contribution in [3.63, 3.8) is 0 Å². The summed E-state index contributed by atoms with van der Waals surface area (Å²) < 4.78 is 50.1. The van der Waals surface area contributed by atoms with Crippen molar-refractivity contribution in [3.05, 3.63) is 59.7 Å². The molecule has 144 valence electrons. The van der Waals surface area contributed by atoms with E-state index in [2.05, 4.69) is 4.90 Å². The van der Waals surface area contributed by atoms with E-state index in [0.717, 1.165) is 49.5 Å². The van der Waals surface area contributed by atoms with Gasteiger partial charge in [0.15, 0.2) is 11.5 Å². The molecule has 0 aromatic heterocycles. The number of para-hydroxylation sites is 2. The first-order chi connectivity index (χ1) is 13.0. The van der Waals surface area contributed by atoms with Gasteiger partial charge in [0.1, 0.15) is 12.7 Å². The molecule has 0 aliphatic carbocycles. The second-order valence-corrected chi connectivity index (χ2v) is 7.22. The van der Waals surface area contributed by atoms with Gasteiger partial charge in [0, 0.05) is 13.1 Å². The van der Waals surface area contributed by atoms with Crippen molar-refractivity contribution in [3.8, 4) is 11.5 Å². The molecule has 2 aliphatic heterocycles. The Hall–Kier alpha value is -2.21. The van der Waals surface area contributed by atoms with Crippen LogP contribution in [0.25, 0.3) is 0 Å². The average molecular weight is 377 g/mol. The highest BCUT2D eigenvalue weighted by Gasteiger charge is 2.31. The van der Waals surface area contributed by atoms with Crippen LogP contribution < -0.4 is 9.47 Å². The van der Waals surface area contributed by atoms with Crippen molar-refractivity contribution in [2.24, 2.45) is 0 Å². The molecule has 0 radical (unpaired) electrons. The third-order valence-corrected chi connectivity index (χ3v) is 5.24. The SMILES string of the molecule is FC(F)(F)c1ccc(C2CCCN(C[C@H]3COc4ccccc4O3)C2)cc1. The molecule has 1 fully saturated rings. The van der Waals surface area contributed by atoms with Gasteiger partial charge in [0.05, 0.1) is 5.56 Å². The standard InChI is InChI=1S/C21H22F3NO2/c22-21(23,24)17-9-7-15(8-10-17)16-4-3-11-25(12-16)13-18-14-26-19-5-1-2-6-20(19)27-18/h1-2,5-10,16,18H,3-4,11-14H2/t16?,18-/m0/s1. The van der Waals surface area contributed by atoms with Crippen molar-refractivity contribution in [1.82, 2.24) is 4.90 Å². The van der Waals surface area contributed by atoms with Crippen molar-refractivity contribution >= 4 is 0 Å². The van der Waals surface area contributed by atoms with Crippen LogP contribution in [0, 0.1) is 0 Å². The molecule has 2 aromatic rings. The van der Waals surface area contributed by atoms with Crippen LogP contribution in [0.15, 0.2) is 48.5 Å². The fourth-order valence-corrected chi connectivity index (χ4v) is 3.88. The van der Waals surface area contributed by atoms with E-state index in [1.807, 2.05) is 24.3 Å². The number of hydrogen-bond acceptors (Lipinski definition) is 3. The number of fused-ring (bicyclic) bond motifs is 1. The molecular formula is C21H22F3NO2. The Balaban J connectivity index is 1.37. The molecule has 0 amide bonds. The molecule has 2 aromatic carbocycles. The maximum atomic E-state index is 12.8. The molecule has 3 nitrogen and oxygen atoms in total. The number of rotatable bonds is 3. The lowest BCUT2D eigenvalue weighted by Gasteiger charge is -2.36. The molecule has 1 unspecified atom stereocenters. The van der Waals surface area contributed by atoms with Crippen LogP contribution in [0.1, 0.15) is 29.9 Å². The number of benzene rings is 2. The van der Waals surface area contributed by atoms with Gasteiger partial charge >= 0.3 is 6.18 Å². The number of likely N-dealkylation sites (tertiary alicyclic amines) is 1. The van der Waals surface area contributed by atoms with Crippen molar-refractivity contribution in [1.29, 1.82) is 0 Å². The maximum absolute atomic E-state index is 12.8. The van der Waals surface area contributed by atoms with Crippen LogP contribution in [0.2, 0.25) is 0 Å². The summed E-state index contributed by atoms with van der Waals surface area (Å²) >= 11 is 0. The van der Waals surface area contributed by atoms with Gasteiger partial charge in [-0.15, -0.1) is 0 Å². The van der Waals surface area contributed by atoms with Crippen molar-refractivity contribution < 1.29 is 22.6 Å². The van der Waals surface area contributed by atoms with Crippen molar-refractivity contribution in [2.75, 3.05) is 26.2 Å². The Morgan fingerprint density at radius 2 is 1.74 bits per heavy atom.